The normalized spacial score (nSPS) is 16.5. The van der Waals surface area contributed by atoms with Gasteiger partial charge >= 0.3 is 0 Å². The molecule has 1 aromatic rings. The number of nitrogens with zero attached hydrogens (tertiary/aromatic N) is 1. The van der Waals surface area contributed by atoms with Gasteiger partial charge in [0.15, 0.2) is 0 Å². The van der Waals surface area contributed by atoms with Crippen LogP contribution in [-0.4, -0.2) is 23.9 Å². The summed E-state index contributed by atoms with van der Waals surface area (Å²) < 4.78 is 0. The number of piperidine rings is 1. The lowest BCUT2D eigenvalue weighted by molar-refractivity contribution is -0.118. The summed E-state index contributed by atoms with van der Waals surface area (Å²) in [6, 6.07) is 4.06. The average molecular weight is 260 g/mol. The van der Waals surface area contributed by atoms with E-state index in [-0.39, 0.29) is 0 Å². The molecule has 0 aromatic carbocycles. The molecule has 1 aliphatic heterocycles. The topological polar surface area (TPSA) is 42.0 Å². The van der Waals surface area contributed by atoms with E-state index in [4.69, 9.17) is 0 Å². The average Bonchev–Trinajstić information content (AvgIpc) is 2.47. The molecule has 1 N–H and O–H groups in total. The standard InChI is InChI=1S/C16H24N2O/c1-2-13-3-5-15(18-12-13)11-16(19)6-4-14-7-9-17-10-8-14/h3,5,12,14,17H,2,4,6-11H2,1H3. The zero-order valence-corrected chi connectivity index (χ0v) is 11.8. The smallest absolute Gasteiger partial charge is 0.138 e. The lowest BCUT2D eigenvalue weighted by Gasteiger charge is -2.22. The second kappa shape index (κ2) is 7.39. The van der Waals surface area contributed by atoms with E-state index in [1.54, 1.807) is 0 Å². The Balaban J connectivity index is 1.73. The molecule has 0 radical (unpaired) electrons. The Morgan fingerprint density at radius 2 is 2.16 bits per heavy atom. The number of pyridine rings is 1. The molecule has 19 heavy (non-hydrogen) atoms. The van der Waals surface area contributed by atoms with Crippen LogP contribution in [0.1, 0.15) is 43.9 Å². The molecule has 0 bridgehead atoms. The molecule has 0 atom stereocenters. The van der Waals surface area contributed by atoms with E-state index in [0.717, 1.165) is 37.5 Å². The van der Waals surface area contributed by atoms with Gasteiger partial charge in [0.1, 0.15) is 5.78 Å². The van der Waals surface area contributed by atoms with Crippen LogP contribution in [0, 0.1) is 5.92 Å². The predicted octanol–water partition coefficient (Wildman–Crippen LogP) is 2.54. The number of Topliss-reactive ketones (excluding diaryl/α,β-unsaturated/α-hetero) is 1. The minimum atomic E-state index is 0.329. The second-order valence-corrected chi connectivity index (χ2v) is 5.46. The van der Waals surface area contributed by atoms with Gasteiger partial charge in [-0.15, -0.1) is 0 Å². The van der Waals surface area contributed by atoms with Crippen molar-refractivity contribution in [2.24, 2.45) is 5.92 Å². The molecule has 0 aliphatic carbocycles. The van der Waals surface area contributed by atoms with Crippen molar-refractivity contribution in [2.75, 3.05) is 13.1 Å². The molecule has 104 valence electrons. The van der Waals surface area contributed by atoms with Gasteiger partial charge in [-0.2, -0.15) is 0 Å². The Labute approximate surface area is 115 Å². The Bertz CT molecular complexity index is 394. The molecule has 1 aliphatic rings. The van der Waals surface area contributed by atoms with Gasteiger partial charge in [0.05, 0.1) is 0 Å². The molecule has 1 saturated heterocycles. The van der Waals surface area contributed by atoms with E-state index >= 15 is 0 Å². The first kappa shape index (κ1) is 14.2. The van der Waals surface area contributed by atoms with Gasteiger partial charge in [-0.25, -0.2) is 0 Å². The summed E-state index contributed by atoms with van der Waals surface area (Å²) in [5, 5.41) is 3.36. The summed E-state index contributed by atoms with van der Waals surface area (Å²) in [7, 11) is 0. The molecule has 0 spiro atoms. The molecule has 0 saturated carbocycles. The minimum Gasteiger partial charge on any atom is -0.317 e. The third-order valence-corrected chi connectivity index (χ3v) is 3.96. The number of rotatable bonds is 6. The Kier molecular flexibility index (Phi) is 5.52. The van der Waals surface area contributed by atoms with Crippen LogP contribution < -0.4 is 5.32 Å². The van der Waals surface area contributed by atoms with Crippen LogP contribution >= 0.6 is 0 Å². The number of aryl methyl sites for hydroxylation is 1. The zero-order valence-electron chi connectivity index (χ0n) is 11.8. The molecule has 1 fully saturated rings. The number of carbonyl (C=O) groups excluding carboxylic acids is 1. The highest BCUT2D eigenvalue weighted by Gasteiger charge is 2.14. The number of ketones is 1. The van der Waals surface area contributed by atoms with E-state index in [1.165, 1.54) is 18.4 Å². The van der Waals surface area contributed by atoms with Gasteiger partial charge in [-0.1, -0.05) is 13.0 Å². The highest BCUT2D eigenvalue weighted by atomic mass is 16.1. The number of nitrogens with one attached hydrogen (secondary N) is 1. The molecule has 3 nitrogen and oxygen atoms in total. The quantitative estimate of drug-likeness (QED) is 0.854. The van der Waals surface area contributed by atoms with Crippen molar-refractivity contribution in [3.8, 4) is 0 Å². The summed E-state index contributed by atoms with van der Waals surface area (Å²) in [4.78, 5) is 16.3. The SMILES string of the molecule is CCc1ccc(CC(=O)CCC2CCNCC2)nc1. The molecule has 0 unspecified atom stereocenters. The third-order valence-electron chi connectivity index (χ3n) is 3.96. The lowest BCUT2D eigenvalue weighted by Crippen LogP contribution is -2.28. The van der Waals surface area contributed by atoms with Crippen LogP contribution in [0.25, 0.3) is 0 Å². The number of hydrogen-bond donors (Lipinski definition) is 1. The molecular weight excluding hydrogens is 236 g/mol. The van der Waals surface area contributed by atoms with Crippen LogP contribution in [0.5, 0.6) is 0 Å². The summed E-state index contributed by atoms with van der Waals surface area (Å²) in [5.41, 5.74) is 2.14. The maximum atomic E-state index is 12.0. The highest BCUT2D eigenvalue weighted by molar-refractivity contribution is 5.80. The predicted molar refractivity (Wildman–Crippen MR) is 77.2 cm³/mol. The molecule has 3 heteroatoms. The molecular formula is C16H24N2O. The van der Waals surface area contributed by atoms with E-state index < -0.39 is 0 Å². The van der Waals surface area contributed by atoms with Crippen LogP contribution in [0.4, 0.5) is 0 Å². The fourth-order valence-corrected chi connectivity index (χ4v) is 2.59. The van der Waals surface area contributed by atoms with E-state index in [2.05, 4.69) is 23.3 Å². The minimum absolute atomic E-state index is 0.329. The fraction of sp³-hybridized carbons (Fsp3) is 0.625. The van der Waals surface area contributed by atoms with Gasteiger partial charge in [0, 0.05) is 24.7 Å². The first-order valence-electron chi connectivity index (χ1n) is 7.44. The van der Waals surface area contributed by atoms with Crippen LogP contribution in [0.15, 0.2) is 18.3 Å². The van der Waals surface area contributed by atoms with Crippen LogP contribution in [0.3, 0.4) is 0 Å². The summed E-state index contributed by atoms with van der Waals surface area (Å²) in [6.07, 6.45) is 7.57. The van der Waals surface area contributed by atoms with Crippen molar-refractivity contribution in [2.45, 2.75) is 45.4 Å². The molecule has 2 heterocycles. The van der Waals surface area contributed by atoms with Gasteiger partial charge in [0.2, 0.25) is 0 Å². The van der Waals surface area contributed by atoms with Crippen LogP contribution in [-0.2, 0) is 17.6 Å². The first-order chi connectivity index (χ1) is 9.28. The zero-order chi connectivity index (χ0) is 13.5. The maximum Gasteiger partial charge on any atom is 0.138 e. The maximum absolute atomic E-state index is 12.0. The van der Waals surface area contributed by atoms with Gasteiger partial charge in [-0.3, -0.25) is 9.78 Å². The number of carbonyl (C=O) groups is 1. The van der Waals surface area contributed by atoms with Crippen molar-refractivity contribution >= 4 is 5.78 Å². The summed E-state index contributed by atoms with van der Waals surface area (Å²) in [5.74, 6) is 1.07. The largest absolute Gasteiger partial charge is 0.317 e. The summed E-state index contributed by atoms with van der Waals surface area (Å²) in [6.45, 7) is 4.33. The lowest BCUT2D eigenvalue weighted by atomic mass is 9.91. The van der Waals surface area contributed by atoms with Gasteiger partial charge in [0.25, 0.3) is 0 Å². The van der Waals surface area contributed by atoms with Crippen molar-refractivity contribution in [1.29, 1.82) is 0 Å². The molecule has 1 aromatic heterocycles. The Hall–Kier alpha value is -1.22. The van der Waals surface area contributed by atoms with Crippen LogP contribution in [0.2, 0.25) is 0 Å². The number of aromatic nitrogens is 1. The molecule has 0 amide bonds. The second-order valence-electron chi connectivity index (χ2n) is 5.46. The van der Waals surface area contributed by atoms with Crippen molar-refractivity contribution < 1.29 is 4.79 Å². The van der Waals surface area contributed by atoms with Crippen molar-refractivity contribution in [1.82, 2.24) is 10.3 Å². The van der Waals surface area contributed by atoms with E-state index in [9.17, 15) is 4.79 Å². The van der Waals surface area contributed by atoms with E-state index in [0.29, 0.717) is 18.6 Å². The fourth-order valence-electron chi connectivity index (χ4n) is 2.59. The Morgan fingerprint density at radius 3 is 2.79 bits per heavy atom. The first-order valence-corrected chi connectivity index (χ1v) is 7.44. The van der Waals surface area contributed by atoms with Crippen molar-refractivity contribution in [3.05, 3.63) is 29.6 Å². The van der Waals surface area contributed by atoms with Gasteiger partial charge in [-0.05, 0) is 56.3 Å². The molecule has 2 rings (SSSR count). The van der Waals surface area contributed by atoms with E-state index in [1.807, 2.05) is 12.3 Å². The van der Waals surface area contributed by atoms with Crippen molar-refractivity contribution in [3.63, 3.8) is 0 Å². The Morgan fingerprint density at radius 1 is 1.37 bits per heavy atom. The number of hydrogen-bond acceptors (Lipinski definition) is 3. The van der Waals surface area contributed by atoms with Gasteiger partial charge < -0.3 is 5.32 Å². The highest BCUT2D eigenvalue weighted by Crippen LogP contribution is 2.18. The summed E-state index contributed by atoms with van der Waals surface area (Å²) >= 11 is 0. The monoisotopic (exact) mass is 260 g/mol. The third kappa shape index (κ3) is 4.75.